The molecule has 0 heterocycles. The second kappa shape index (κ2) is 18.1. The molecule has 0 bridgehead atoms. The maximum atomic E-state index is 12.7. The van der Waals surface area contributed by atoms with Crippen molar-refractivity contribution in [3.63, 3.8) is 0 Å². The second-order valence-corrected chi connectivity index (χ2v) is 20.4. The molecule has 6 N–H and O–H groups in total. The summed E-state index contributed by atoms with van der Waals surface area (Å²) in [4.78, 5) is 1.03. The monoisotopic (exact) mass is 1010 g/mol. The van der Waals surface area contributed by atoms with Gasteiger partial charge < -0.3 is 14.9 Å². The van der Waals surface area contributed by atoms with Gasteiger partial charge in [-0.1, -0.05) is 24.3 Å². The molecule has 0 aromatic heterocycles. The minimum atomic E-state index is -5.30. The quantitative estimate of drug-likeness (QED) is 0.0271. The van der Waals surface area contributed by atoms with Gasteiger partial charge in [0.15, 0.2) is 11.6 Å². The fourth-order valence-electron chi connectivity index (χ4n) is 7.09. The summed E-state index contributed by atoms with van der Waals surface area (Å²) in [6.07, 6.45) is 0. The minimum absolute atomic E-state index is 0.0154. The second-order valence-electron chi connectivity index (χ2n) is 14.7. The molecule has 0 aliphatic heterocycles. The van der Waals surface area contributed by atoms with E-state index in [9.17, 15) is 62.1 Å². The molecule has 0 fully saturated rings. The summed E-state index contributed by atoms with van der Waals surface area (Å²) in [5, 5.41) is 47.0. The Bertz CT molecular complexity index is 3850. The Morgan fingerprint density at radius 3 is 1.79 bits per heavy atom. The Labute approximate surface area is 386 Å². The molecule has 0 saturated carbocycles. The number of phenols is 1. The summed E-state index contributed by atoms with van der Waals surface area (Å²) in [5.74, 6) is -1.76. The highest BCUT2D eigenvalue weighted by Crippen LogP contribution is 2.48. The zero-order valence-electron chi connectivity index (χ0n) is 35.5. The molecule has 26 heteroatoms. The lowest BCUT2D eigenvalue weighted by Crippen LogP contribution is -2.01. The first kappa shape index (κ1) is 48.8. The van der Waals surface area contributed by atoms with Crippen LogP contribution < -0.4 is 4.74 Å². The van der Waals surface area contributed by atoms with Gasteiger partial charge in [0.1, 0.15) is 26.9 Å². The Morgan fingerprint density at radius 2 is 1.18 bits per heavy atom. The van der Waals surface area contributed by atoms with Gasteiger partial charge in [0.2, 0.25) is 0 Å². The molecule has 0 aliphatic rings. The Hall–Kier alpha value is -7.17. The van der Waals surface area contributed by atoms with Gasteiger partial charge >= 0.3 is 0 Å². The van der Waals surface area contributed by atoms with E-state index in [0.717, 1.165) is 37.3 Å². The Kier molecular flexibility index (Phi) is 13.0. The van der Waals surface area contributed by atoms with Gasteiger partial charge in [-0.15, -0.1) is 15.3 Å². The normalized spacial score (nSPS) is 13.3. The number of hydrogen-bond donors (Lipinski definition) is 6. The van der Waals surface area contributed by atoms with Crippen molar-refractivity contribution in [2.75, 3.05) is 6.61 Å². The number of aryl methyl sites for hydroxylation is 2. The summed E-state index contributed by atoms with van der Waals surface area (Å²) < 4.78 is 144. The predicted molar refractivity (Wildman–Crippen MR) is 248 cm³/mol. The minimum Gasteiger partial charge on any atom is -0.505 e. The number of benzene rings is 7. The molecule has 0 unspecified atom stereocenters. The van der Waals surface area contributed by atoms with Gasteiger partial charge in [-0.25, -0.2) is 4.99 Å². The lowest BCUT2D eigenvalue weighted by atomic mass is 10.1. The largest absolute Gasteiger partial charge is 0.505 e. The van der Waals surface area contributed by atoms with E-state index in [2.05, 4.69) is 35.7 Å². The molecule has 22 nitrogen and oxygen atoms in total. The third kappa shape index (κ3) is 10.2. The molecular weight excluding hydrogens is 971 g/mol. The molecule has 352 valence electrons. The maximum absolute atomic E-state index is 12.7. The van der Waals surface area contributed by atoms with Crippen LogP contribution in [-0.4, -0.2) is 74.6 Å². The lowest BCUT2D eigenvalue weighted by Gasteiger charge is -2.14. The number of fused-ring (bicyclic) bond motifs is 3. The van der Waals surface area contributed by atoms with Crippen LogP contribution in [0.3, 0.4) is 0 Å². The van der Waals surface area contributed by atoms with Gasteiger partial charge in [0.05, 0.1) is 50.2 Å². The molecule has 0 amide bonds. The first-order chi connectivity index (χ1) is 31.7. The topological polar surface area (TPSA) is 354 Å². The van der Waals surface area contributed by atoms with Gasteiger partial charge in [0.25, 0.3) is 40.5 Å². The predicted octanol–water partition coefficient (Wildman–Crippen LogP) is 10.7. The van der Waals surface area contributed by atoms with E-state index in [0.29, 0.717) is 27.9 Å². The van der Waals surface area contributed by atoms with Crippen LogP contribution in [0, 0.1) is 13.8 Å². The SMILES string of the molecule is CCOc1cc(N=Nc2cc(C)c(N=Nc3ccc4cccc(S(=O)(=O)O)c4c3)c(C)c2)c2cc(S(=O)(=O)O)ccc2c1N=Nc1c(S(=O)(=O)O)cc2cc(S(=O)(=O)O)cc(N=C(C)O)c2c1O. The molecule has 68 heavy (non-hydrogen) atoms. The summed E-state index contributed by atoms with van der Waals surface area (Å²) in [6, 6.07) is 19.2. The molecule has 7 rings (SSSR count). The number of nitrogens with zero attached hydrogens (tertiary/aromatic N) is 7. The highest BCUT2D eigenvalue weighted by molar-refractivity contribution is 7.86. The lowest BCUT2D eigenvalue weighted by molar-refractivity contribution is 0.342. The first-order valence-corrected chi connectivity index (χ1v) is 25.1. The van der Waals surface area contributed by atoms with Crippen molar-refractivity contribution in [2.24, 2.45) is 35.7 Å². The molecule has 0 atom stereocenters. The molecule has 0 aliphatic carbocycles. The van der Waals surface area contributed by atoms with Crippen LogP contribution in [0.4, 0.5) is 39.8 Å². The summed E-state index contributed by atoms with van der Waals surface area (Å²) >= 11 is 0. The van der Waals surface area contributed by atoms with E-state index in [4.69, 9.17) is 4.74 Å². The summed E-state index contributed by atoms with van der Waals surface area (Å²) in [5.41, 5.74) is 0.565. The van der Waals surface area contributed by atoms with E-state index in [-0.39, 0.29) is 61.2 Å². The van der Waals surface area contributed by atoms with Gasteiger partial charge in [-0.3, -0.25) is 18.2 Å². The number of ether oxygens (including phenoxy) is 1. The van der Waals surface area contributed by atoms with Crippen molar-refractivity contribution in [1.29, 1.82) is 0 Å². The number of aliphatic hydroxyl groups excluding tert-OH is 1. The number of azo groups is 3. The fourth-order valence-corrected chi connectivity index (χ4v) is 9.49. The molecular formula is C42H35N7O15S4. The molecule has 0 radical (unpaired) electrons. The van der Waals surface area contributed by atoms with Crippen molar-refractivity contribution in [3.05, 3.63) is 102 Å². The zero-order valence-corrected chi connectivity index (χ0v) is 38.8. The summed E-state index contributed by atoms with van der Waals surface area (Å²) in [6.45, 7) is 6.13. The van der Waals surface area contributed by atoms with Crippen LogP contribution in [0.1, 0.15) is 25.0 Å². The number of aliphatic imine (C=N–C) groups is 1. The molecule has 7 aromatic carbocycles. The number of rotatable bonds is 13. The van der Waals surface area contributed by atoms with Crippen LogP contribution in [0.25, 0.3) is 32.3 Å². The van der Waals surface area contributed by atoms with Crippen molar-refractivity contribution in [2.45, 2.75) is 47.3 Å². The van der Waals surface area contributed by atoms with Crippen LogP contribution >= 0.6 is 0 Å². The zero-order chi connectivity index (χ0) is 49.7. The number of phenolic OH excluding ortho intramolecular Hbond substituents is 1. The third-order valence-corrected chi connectivity index (χ3v) is 13.4. The van der Waals surface area contributed by atoms with Gasteiger partial charge in [-0.2, -0.15) is 49.0 Å². The Balaban J connectivity index is 1.35. The molecule has 0 spiro atoms. The molecule has 7 aromatic rings. The summed E-state index contributed by atoms with van der Waals surface area (Å²) in [7, 11) is -19.6. The highest BCUT2D eigenvalue weighted by atomic mass is 32.2. The van der Waals surface area contributed by atoms with E-state index in [1.807, 2.05) is 0 Å². The highest BCUT2D eigenvalue weighted by Gasteiger charge is 2.26. The Morgan fingerprint density at radius 1 is 0.544 bits per heavy atom. The van der Waals surface area contributed by atoms with E-state index in [1.165, 1.54) is 30.3 Å². The van der Waals surface area contributed by atoms with Gasteiger partial charge in [-0.05, 0) is 103 Å². The molecule has 0 saturated heterocycles. The van der Waals surface area contributed by atoms with Crippen LogP contribution in [0.2, 0.25) is 0 Å². The number of hydrogen-bond acceptors (Lipinski definition) is 17. The third-order valence-electron chi connectivity index (χ3n) is 9.95. The van der Waals surface area contributed by atoms with E-state index in [1.54, 1.807) is 51.1 Å². The van der Waals surface area contributed by atoms with Crippen molar-refractivity contribution in [3.8, 4) is 11.5 Å². The van der Waals surface area contributed by atoms with Crippen LogP contribution in [0.5, 0.6) is 11.5 Å². The maximum Gasteiger partial charge on any atom is 0.296 e. The number of aliphatic hydroxyl groups is 1. The van der Waals surface area contributed by atoms with Gasteiger partial charge in [0, 0.05) is 29.1 Å². The average Bonchev–Trinajstić information content (AvgIpc) is 3.23. The van der Waals surface area contributed by atoms with Crippen LogP contribution in [0.15, 0.2) is 146 Å². The first-order valence-electron chi connectivity index (χ1n) is 19.4. The number of aromatic hydroxyl groups is 1. The standard InChI is InChI=1S/C42H35N7O15S4/c1-5-64-35-20-33(46-45-27-13-21(2)39(22(3)14-27)47-44-26-10-9-24-7-6-8-36(31(24)17-26)67(58,59)60)32-18-28(65(52,53)54)11-12-30(32)40(35)48-49-41-37(68(61,62)63)16-25-15-29(66(55,56)57)19-34(43-23(4)50)38(25)42(41)51/h6-20,51H,5H2,1-4H3,(H,43,50)(H,52,53,54)(H,55,56,57)(H,58,59,60)(H,61,62,63). The van der Waals surface area contributed by atoms with E-state index < -0.39 is 78.2 Å². The van der Waals surface area contributed by atoms with Crippen molar-refractivity contribution in [1.82, 2.24) is 0 Å². The van der Waals surface area contributed by atoms with E-state index >= 15 is 0 Å². The van der Waals surface area contributed by atoms with Crippen molar-refractivity contribution >= 4 is 118 Å². The smallest absolute Gasteiger partial charge is 0.296 e. The van der Waals surface area contributed by atoms with Crippen LogP contribution in [-0.2, 0) is 40.5 Å². The fraction of sp³-hybridized carbons (Fsp3) is 0.119. The average molecular weight is 1010 g/mol. The van der Waals surface area contributed by atoms with Crippen molar-refractivity contribution < 1.29 is 66.8 Å².